The van der Waals surface area contributed by atoms with Gasteiger partial charge >= 0.3 is 13.1 Å². The van der Waals surface area contributed by atoms with Crippen LogP contribution in [0, 0.1) is 11.6 Å². The van der Waals surface area contributed by atoms with Crippen molar-refractivity contribution in [3.8, 4) is 0 Å². The molecule has 1 aromatic rings. The minimum absolute atomic E-state index is 0.175. The Morgan fingerprint density at radius 2 is 1.67 bits per heavy atom. The van der Waals surface area contributed by atoms with Crippen LogP contribution in [-0.4, -0.2) is 35.1 Å². The number of hydrogen-bond acceptors (Lipinski definition) is 4. The zero-order valence-electron chi connectivity index (χ0n) is 13.9. The van der Waals surface area contributed by atoms with Gasteiger partial charge in [-0.25, -0.2) is 13.6 Å². The van der Waals surface area contributed by atoms with Gasteiger partial charge in [0.1, 0.15) is 17.2 Å². The van der Waals surface area contributed by atoms with Crippen molar-refractivity contribution in [1.29, 1.82) is 0 Å². The molecule has 0 saturated carbocycles. The SMILES string of the molecule is CC1(C)OB(C(=Cc2cc(F)c(C(=O)O)c(F)c2)CS)OC1(C)C. The highest BCUT2D eigenvalue weighted by Gasteiger charge is 2.52. The maximum atomic E-state index is 13.8. The first-order chi connectivity index (χ1) is 11.0. The topological polar surface area (TPSA) is 55.8 Å². The number of halogens is 2. The second kappa shape index (κ2) is 6.50. The van der Waals surface area contributed by atoms with E-state index >= 15 is 0 Å². The maximum Gasteiger partial charge on any atom is 0.491 e. The van der Waals surface area contributed by atoms with Crippen LogP contribution < -0.4 is 0 Å². The highest BCUT2D eigenvalue weighted by atomic mass is 32.1. The van der Waals surface area contributed by atoms with Gasteiger partial charge in [-0.2, -0.15) is 12.6 Å². The van der Waals surface area contributed by atoms with Gasteiger partial charge in [0.2, 0.25) is 0 Å². The van der Waals surface area contributed by atoms with Gasteiger partial charge in [0.15, 0.2) is 0 Å². The van der Waals surface area contributed by atoms with Crippen molar-refractivity contribution in [2.24, 2.45) is 0 Å². The molecule has 1 aromatic carbocycles. The van der Waals surface area contributed by atoms with Crippen LogP contribution in [0.2, 0.25) is 0 Å². The van der Waals surface area contributed by atoms with E-state index in [1.54, 1.807) is 0 Å². The van der Waals surface area contributed by atoms with E-state index in [9.17, 15) is 13.6 Å². The van der Waals surface area contributed by atoms with Crippen LogP contribution in [0.25, 0.3) is 6.08 Å². The molecule has 0 atom stereocenters. The van der Waals surface area contributed by atoms with Crippen molar-refractivity contribution in [2.75, 3.05) is 5.75 Å². The van der Waals surface area contributed by atoms with Crippen LogP contribution in [0.3, 0.4) is 0 Å². The summed E-state index contributed by atoms with van der Waals surface area (Å²) in [6.45, 7) is 7.57. The molecule has 1 heterocycles. The van der Waals surface area contributed by atoms with E-state index in [0.29, 0.717) is 5.47 Å². The summed E-state index contributed by atoms with van der Waals surface area (Å²) in [5.41, 5.74) is -1.32. The lowest BCUT2D eigenvalue weighted by Crippen LogP contribution is -2.41. The first-order valence-electron chi connectivity index (χ1n) is 7.38. The number of carboxylic acid groups (broad SMARTS) is 1. The normalized spacial score (nSPS) is 19.6. The van der Waals surface area contributed by atoms with Gasteiger partial charge in [0.05, 0.1) is 11.2 Å². The number of thiol groups is 1. The van der Waals surface area contributed by atoms with Gasteiger partial charge < -0.3 is 14.4 Å². The molecule has 1 fully saturated rings. The number of hydrogen-bond donors (Lipinski definition) is 2. The molecule has 0 radical (unpaired) electrons. The third-order valence-electron chi connectivity index (χ3n) is 4.37. The molecule has 1 saturated heterocycles. The van der Waals surface area contributed by atoms with Crippen molar-refractivity contribution >= 4 is 31.8 Å². The first-order valence-corrected chi connectivity index (χ1v) is 8.01. The van der Waals surface area contributed by atoms with Crippen LogP contribution in [0.5, 0.6) is 0 Å². The molecule has 1 aliphatic heterocycles. The molecule has 2 rings (SSSR count). The number of benzene rings is 1. The molecule has 0 aliphatic carbocycles. The largest absolute Gasteiger partial charge is 0.491 e. The van der Waals surface area contributed by atoms with E-state index in [-0.39, 0.29) is 11.3 Å². The number of carbonyl (C=O) groups is 1. The molecule has 0 amide bonds. The van der Waals surface area contributed by atoms with Crippen molar-refractivity contribution in [3.63, 3.8) is 0 Å². The van der Waals surface area contributed by atoms with Crippen LogP contribution in [0.1, 0.15) is 43.6 Å². The van der Waals surface area contributed by atoms with Gasteiger partial charge in [-0.15, -0.1) is 0 Å². The Balaban J connectivity index is 2.37. The fourth-order valence-corrected chi connectivity index (χ4v) is 2.52. The molecule has 0 bridgehead atoms. The summed E-state index contributed by atoms with van der Waals surface area (Å²) in [4.78, 5) is 10.8. The minimum atomic E-state index is -1.65. The van der Waals surface area contributed by atoms with Crippen LogP contribution >= 0.6 is 12.6 Å². The van der Waals surface area contributed by atoms with Crippen molar-refractivity contribution in [1.82, 2.24) is 0 Å². The van der Waals surface area contributed by atoms with Crippen molar-refractivity contribution in [2.45, 2.75) is 38.9 Å². The standard InChI is InChI=1S/C16H19BF2O4S/c1-15(2)16(3,4)23-17(22-15)10(8-24)5-9-6-11(18)13(14(20)21)12(19)7-9/h5-7,24H,8H2,1-4H3,(H,20,21). The zero-order chi connectivity index (χ0) is 18.3. The fourth-order valence-electron chi connectivity index (χ4n) is 2.28. The molecule has 130 valence electrons. The molecule has 0 aromatic heterocycles. The Morgan fingerprint density at radius 1 is 1.21 bits per heavy atom. The Kier molecular flexibility index (Phi) is 5.13. The first kappa shape index (κ1) is 19.0. The Bertz CT molecular complexity index is 664. The molecule has 4 nitrogen and oxygen atoms in total. The summed E-state index contributed by atoms with van der Waals surface area (Å²) < 4.78 is 39.4. The van der Waals surface area contributed by atoms with Crippen molar-refractivity contribution in [3.05, 3.63) is 40.4 Å². The predicted molar refractivity (Wildman–Crippen MR) is 91.2 cm³/mol. The Hall–Kier alpha value is -1.38. The second-order valence-corrected chi connectivity index (χ2v) is 6.95. The molecule has 0 spiro atoms. The lowest BCUT2D eigenvalue weighted by atomic mass is 9.78. The Morgan fingerprint density at radius 3 is 2.04 bits per heavy atom. The van der Waals surface area contributed by atoms with E-state index in [0.717, 1.165) is 12.1 Å². The molecule has 1 N–H and O–H groups in total. The maximum absolute atomic E-state index is 13.8. The summed E-state index contributed by atoms with van der Waals surface area (Å²) in [7, 11) is -0.697. The molecule has 8 heteroatoms. The summed E-state index contributed by atoms with van der Waals surface area (Å²) in [5.74, 6) is -3.68. The third kappa shape index (κ3) is 3.50. The van der Waals surface area contributed by atoms with Crippen molar-refractivity contribution < 1.29 is 28.0 Å². The van der Waals surface area contributed by atoms with Gasteiger partial charge in [-0.1, -0.05) is 6.08 Å². The van der Waals surface area contributed by atoms with Crippen LogP contribution in [0.15, 0.2) is 17.6 Å². The highest BCUT2D eigenvalue weighted by molar-refractivity contribution is 7.80. The van der Waals surface area contributed by atoms with Gasteiger partial charge in [-0.3, -0.25) is 0 Å². The molecule has 0 unspecified atom stereocenters. The van der Waals surface area contributed by atoms with Gasteiger partial charge in [0.25, 0.3) is 0 Å². The summed E-state index contributed by atoms with van der Waals surface area (Å²) in [6, 6.07) is 1.92. The monoisotopic (exact) mass is 356 g/mol. The van der Waals surface area contributed by atoms with Crippen LogP contribution in [-0.2, 0) is 9.31 Å². The van der Waals surface area contributed by atoms with E-state index in [1.807, 2.05) is 27.7 Å². The average molecular weight is 356 g/mol. The van der Waals surface area contributed by atoms with Gasteiger partial charge in [0, 0.05) is 5.75 Å². The van der Waals surface area contributed by atoms with Gasteiger partial charge in [-0.05, 0) is 50.9 Å². The summed E-state index contributed by atoms with van der Waals surface area (Å²) >= 11 is 4.23. The number of aromatic carboxylic acids is 1. The molecule has 24 heavy (non-hydrogen) atoms. The predicted octanol–water partition coefficient (Wildman–Crippen LogP) is 3.61. The summed E-state index contributed by atoms with van der Waals surface area (Å²) in [6.07, 6.45) is 1.49. The molecule has 1 aliphatic rings. The minimum Gasteiger partial charge on any atom is -0.477 e. The molecular formula is C16H19BF2O4S. The lowest BCUT2D eigenvalue weighted by Gasteiger charge is -2.32. The van der Waals surface area contributed by atoms with E-state index in [4.69, 9.17) is 14.4 Å². The van der Waals surface area contributed by atoms with E-state index in [1.165, 1.54) is 6.08 Å². The van der Waals surface area contributed by atoms with E-state index < -0.39 is 41.5 Å². The second-order valence-electron chi connectivity index (χ2n) is 6.63. The quantitative estimate of drug-likeness (QED) is 0.639. The summed E-state index contributed by atoms with van der Waals surface area (Å²) in [5, 5.41) is 8.81. The van der Waals surface area contributed by atoms with E-state index in [2.05, 4.69) is 12.6 Å². The van der Waals surface area contributed by atoms with Crippen LogP contribution in [0.4, 0.5) is 8.78 Å². The highest BCUT2D eigenvalue weighted by Crippen LogP contribution is 2.39. The molecular weight excluding hydrogens is 337 g/mol. The fraction of sp³-hybridized carbons (Fsp3) is 0.438. The lowest BCUT2D eigenvalue weighted by molar-refractivity contribution is 0.00578. The smallest absolute Gasteiger partial charge is 0.477 e. The third-order valence-corrected chi connectivity index (χ3v) is 4.73. The zero-order valence-corrected chi connectivity index (χ0v) is 14.8. The number of carboxylic acids is 1. The number of rotatable bonds is 4. The average Bonchev–Trinajstić information content (AvgIpc) is 2.63. The Labute approximate surface area is 145 Å².